The van der Waals surface area contributed by atoms with Gasteiger partial charge in [-0.3, -0.25) is 4.79 Å². The minimum atomic E-state index is -4.27. The Morgan fingerprint density at radius 2 is 1.97 bits per heavy atom. The van der Waals surface area contributed by atoms with E-state index in [4.69, 9.17) is 15.5 Å². The number of nitrogens with two attached hydrogens (primary N) is 1. The Bertz CT molecular complexity index is 1480. The van der Waals surface area contributed by atoms with E-state index in [1.165, 1.54) is 36.4 Å². The molecule has 0 bridgehead atoms. The summed E-state index contributed by atoms with van der Waals surface area (Å²) in [4.78, 5) is 24.0. The molecule has 2 aliphatic rings. The number of carbonyl (C=O) groups excluding carboxylic acids is 1. The molecule has 1 aliphatic carbocycles. The van der Waals surface area contributed by atoms with Crippen molar-refractivity contribution in [2.45, 2.75) is 44.2 Å². The Morgan fingerprint density at radius 3 is 2.66 bits per heavy atom. The molecule has 2 aromatic heterocycles. The number of fused-ring (bicyclic) bond motifs is 1. The van der Waals surface area contributed by atoms with Gasteiger partial charge in [0.05, 0.1) is 17.9 Å². The van der Waals surface area contributed by atoms with Gasteiger partial charge >= 0.3 is 0 Å². The highest BCUT2D eigenvalue weighted by Gasteiger charge is 2.42. The molecule has 200 valence electrons. The minimum absolute atomic E-state index is 0.0203. The molecule has 0 radical (unpaired) electrons. The van der Waals surface area contributed by atoms with Crippen LogP contribution in [0.2, 0.25) is 0 Å². The van der Waals surface area contributed by atoms with Crippen LogP contribution in [-0.4, -0.2) is 43.5 Å². The number of nitrogens with zero attached hydrogens (tertiary/aromatic N) is 3. The van der Waals surface area contributed by atoms with E-state index in [9.17, 15) is 17.6 Å². The highest BCUT2D eigenvalue weighted by atomic mass is 32.2. The normalized spacial score (nSPS) is 18.7. The largest absolute Gasteiger partial charge is 0.493 e. The van der Waals surface area contributed by atoms with Crippen LogP contribution in [0, 0.1) is 17.7 Å². The fraction of sp³-hybridized carbons (Fsp3) is 0.370. The van der Waals surface area contributed by atoms with E-state index in [2.05, 4.69) is 14.6 Å². The third-order valence-corrected chi connectivity index (χ3v) is 8.14. The van der Waals surface area contributed by atoms with E-state index in [1.54, 1.807) is 12.1 Å². The standard InChI is InChI=1S/C27H30FN5O4S/c1-16(2)15-37-20-13-18(12-19(28)14-20)22-8-7-21(26(30-22)33-11-10-17-6-9-23(17)33)27(34)32-38(35,36)25-5-3-4-24(29)31-25/h3-5,7-8,12-14,16-17,23H,6,9-11,15H2,1-2H3,(H2,29,31)(H,32,34). The zero-order valence-electron chi connectivity index (χ0n) is 21.2. The molecule has 1 amide bonds. The van der Waals surface area contributed by atoms with Gasteiger partial charge in [-0.15, -0.1) is 0 Å². The topological polar surface area (TPSA) is 128 Å². The molecule has 2 fully saturated rings. The monoisotopic (exact) mass is 539 g/mol. The molecule has 2 atom stereocenters. The van der Waals surface area contributed by atoms with Gasteiger partial charge in [0.1, 0.15) is 23.2 Å². The lowest BCUT2D eigenvalue weighted by Crippen LogP contribution is -2.41. The molecule has 9 nitrogen and oxygen atoms in total. The van der Waals surface area contributed by atoms with Gasteiger partial charge < -0.3 is 15.4 Å². The predicted molar refractivity (Wildman–Crippen MR) is 142 cm³/mol. The lowest BCUT2D eigenvalue weighted by molar-refractivity contribution is 0.0981. The van der Waals surface area contributed by atoms with Gasteiger partial charge in [-0.25, -0.2) is 19.1 Å². The molecule has 1 aliphatic heterocycles. The van der Waals surface area contributed by atoms with Gasteiger partial charge in [0, 0.05) is 24.2 Å². The zero-order valence-corrected chi connectivity index (χ0v) is 22.0. The fourth-order valence-corrected chi connectivity index (χ4v) is 5.85. The van der Waals surface area contributed by atoms with E-state index < -0.39 is 21.7 Å². The lowest BCUT2D eigenvalue weighted by Gasteiger charge is -2.37. The molecular formula is C27H30FN5O4S. The van der Waals surface area contributed by atoms with Crippen LogP contribution >= 0.6 is 0 Å². The smallest absolute Gasteiger partial charge is 0.281 e. The molecule has 1 saturated heterocycles. The van der Waals surface area contributed by atoms with Crippen molar-refractivity contribution in [3.05, 3.63) is 59.9 Å². The first kappa shape index (κ1) is 25.9. The number of amides is 1. The minimum Gasteiger partial charge on any atom is -0.493 e. The first-order valence-corrected chi connectivity index (χ1v) is 14.1. The zero-order chi connectivity index (χ0) is 27.0. The summed E-state index contributed by atoms with van der Waals surface area (Å²) in [7, 11) is -4.27. The maximum atomic E-state index is 14.5. The van der Waals surface area contributed by atoms with Crippen LogP contribution in [0.15, 0.2) is 53.6 Å². The van der Waals surface area contributed by atoms with Crippen molar-refractivity contribution in [2.75, 3.05) is 23.8 Å². The highest BCUT2D eigenvalue weighted by molar-refractivity contribution is 7.90. The number of pyridine rings is 2. The summed E-state index contributed by atoms with van der Waals surface area (Å²) >= 11 is 0. The summed E-state index contributed by atoms with van der Waals surface area (Å²) < 4.78 is 48.0. The van der Waals surface area contributed by atoms with Gasteiger partial charge in [0.25, 0.3) is 15.9 Å². The second-order valence-corrected chi connectivity index (χ2v) is 11.8. The molecular weight excluding hydrogens is 509 g/mol. The molecule has 38 heavy (non-hydrogen) atoms. The molecule has 1 saturated carbocycles. The second-order valence-electron chi connectivity index (χ2n) is 10.2. The van der Waals surface area contributed by atoms with Gasteiger partial charge in [0.15, 0.2) is 5.03 Å². The van der Waals surface area contributed by atoms with Crippen LogP contribution in [0.1, 0.15) is 43.5 Å². The third-order valence-electron chi connectivity index (χ3n) is 6.91. The number of anilines is 2. The highest BCUT2D eigenvalue weighted by Crippen LogP contribution is 2.43. The third kappa shape index (κ3) is 5.28. The number of carbonyl (C=O) groups is 1. The Kier molecular flexibility index (Phi) is 6.95. The summed E-state index contributed by atoms with van der Waals surface area (Å²) in [6, 6.07) is 11.9. The average Bonchev–Trinajstić information content (AvgIpc) is 3.14. The van der Waals surface area contributed by atoms with E-state index in [1.807, 2.05) is 13.8 Å². The van der Waals surface area contributed by atoms with Crippen LogP contribution in [-0.2, 0) is 10.0 Å². The number of hydrogen-bond acceptors (Lipinski definition) is 8. The summed E-state index contributed by atoms with van der Waals surface area (Å²) in [5.74, 6) is 0.276. The molecule has 5 rings (SSSR count). The summed E-state index contributed by atoms with van der Waals surface area (Å²) in [5, 5.41) is -0.356. The number of aromatic nitrogens is 2. The summed E-state index contributed by atoms with van der Waals surface area (Å²) in [6.45, 7) is 5.14. The number of ether oxygens (including phenoxy) is 1. The Balaban J connectivity index is 1.51. The van der Waals surface area contributed by atoms with Gasteiger partial charge in [-0.1, -0.05) is 19.9 Å². The first-order chi connectivity index (χ1) is 18.1. The SMILES string of the molecule is CC(C)COc1cc(F)cc(-c2ccc(C(=O)NS(=O)(=O)c3cccc(N)n3)c(N3CCC4CCC43)n2)c1. The van der Waals surface area contributed by atoms with Crippen molar-refractivity contribution >= 4 is 27.6 Å². The molecule has 3 heterocycles. The maximum Gasteiger partial charge on any atom is 0.281 e. The van der Waals surface area contributed by atoms with E-state index in [0.29, 0.717) is 41.9 Å². The molecule has 3 aromatic rings. The maximum absolute atomic E-state index is 14.5. The second kappa shape index (κ2) is 10.2. The van der Waals surface area contributed by atoms with Crippen molar-refractivity contribution in [3.63, 3.8) is 0 Å². The molecule has 11 heteroatoms. The van der Waals surface area contributed by atoms with Gasteiger partial charge in [-0.2, -0.15) is 8.42 Å². The number of benzene rings is 1. The van der Waals surface area contributed by atoms with Crippen LogP contribution in [0.4, 0.5) is 16.0 Å². The number of rotatable bonds is 8. The van der Waals surface area contributed by atoms with Crippen molar-refractivity contribution in [1.29, 1.82) is 0 Å². The molecule has 1 aromatic carbocycles. The predicted octanol–water partition coefficient (Wildman–Crippen LogP) is 4.01. The quantitative estimate of drug-likeness (QED) is 0.440. The first-order valence-electron chi connectivity index (χ1n) is 12.6. The van der Waals surface area contributed by atoms with Crippen LogP contribution in [0.3, 0.4) is 0 Å². The van der Waals surface area contributed by atoms with E-state index >= 15 is 0 Å². The Hall–Kier alpha value is -3.73. The van der Waals surface area contributed by atoms with Crippen molar-refractivity contribution in [1.82, 2.24) is 14.7 Å². The van der Waals surface area contributed by atoms with Crippen molar-refractivity contribution in [3.8, 4) is 17.0 Å². The van der Waals surface area contributed by atoms with Gasteiger partial charge in [-0.05, 0) is 67.5 Å². The Morgan fingerprint density at radius 1 is 1.16 bits per heavy atom. The van der Waals surface area contributed by atoms with Crippen molar-refractivity contribution in [2.24, 2.45) is 11.8 Å². The fourth-order valence-electron chi connectivity index (χ4n) is 4.90. The molecule has 3 N–H and O–H groups in total. The number of hydrogen-bond donors (Lipinski definition) is 2. The van der Waals surface area contributed by atoms with Crippen LogP contribution in [0.25, 0.3) is 11.3 Å². The van der Waals surface area contributed by atoms with Crippen LogP contribution in [0.5, 0.6) is 5.75 Å². The number of nitrogen functional groups attached to an aromatic ring is 1. The number of sulfonamides is 1. The number of nitrogens with one attached hydrogen (secondary N) is 1. The lowest BCUT2D eigenvalue weighted by atomic mass is 9.80. The van der Waals surface area contributed by atoms with Crippen molar-refractivity contribution < 1.29 is 22.3 Å². The van der Waals surface area contributed by atoms with E-state index in [-0.39, 0.29) is 28.4 Å². The molecule has 2 unspecified atom stereocenters. The molecule has 0 spiro atoms. The van der Waals surface area contributed by atoms with E-state index in [0.717, 1.165) is 19.3 Å². The van der Waals surface area contributed by atoms with Crippen LogP contribution < -0.4 is 20.1 Å². The summed E-state index contributed by atoms with van der Waals surface area (Å²) in [5.41, 5.74) is 6.69. The average molecular weight is 540 g/mol. The summed E-state index contributed by atoms with van der Waals surface area (Å²) in [6.07, 6.45) is 3.05. The number of halogens is 1. The Labute approximate surface area is 221 Å². The van der Waals surface area contributed by atoms with Gasteiger partial charge in [0.2, 0.25) is 0 Å².